The Morgan fingerprint density at radius 2 is 1.93 bits per heavy atom. The van der Waals surface area contributed by atoms with E-state index in [0.29, 0.717) is 6.42 Å². The zero-order valence-electron chi connectivity index (χ0n) is 15.5. The van der Waals surface area contributed by atoms with Gasteiger partial charge >= 0.3 is 6.18 Å². The first-order valence-corrected chi connectivity index (χ1v) is 8.93. The van der Waals surface area contributed by atoms with E-state index in [9.17, 15) is 18.0 Å². The monoisotopic (exact) mass is 410 g/mol. The molecule has 0 saturated heterocycles. The van der Waals surface area contributed by atoms with Gasteiger partial charge in [-0.15, -0.1) is 0 Å². The van der Waals surface area contributed by atoms with E-state index in [-0.39, 0.29) is 23.0 Å². The quantitative estimate of drug-likeness (QED) is 0.665. The van der Waals surface area contributed by atoms with Crippen molar-refractivity contribution in [1.82, 2.24) is 14.6 Å². The third-order valence-electron chi connectivity index (χ3n) is 4.46. The lowest BCUT2D eigenvalue weighted by Gasteiger charge is -2.13. The van der Waals surface area contributed by atoms with Crippen molar-refractivity contribution in [2.75, 3.05) is 5.32 Å². The molecule has 9 heteroatoms. The van der Waals surface area contributed by atoms with Gasteiger partial charge in [-0.3, -0.25) is 4.79 Å². The van der Waals surface area contributed by atoms with Gasteiger partial charge in [0.2, 0.25) is 5.91 Å². The highest BCUT2D eigenvalue weighted by atomic mass is 35.5. The van der Waals surface area contributed by atoms with Gasteiger partial charge in [0.15, 0.2) is 5.65 Å². The lowest BCUT2D eigenvalue weighted by Crippen LogP contribution is -2.15. The number of nitrogens with zero attached hydrogens (tertiary/aromatic N) is 3. The molecule has 3 rings (SSSR count). The molecule has 1 amide bonds. The van der Waals surface area contributed by atoms with Gasteiger partial charge in [-0.2, -0.15) is 18.3 Å². The summed E-state index contributed by atoms with van der Waals surface area (Å²) in [6.07, 6.45) is -3.94. The number of alkyl halides is 3. The molecule has 0 unspecified atom stereocenters. The Morgan fingerprint density at radius 3 is 2.57 bits per heavy atom. The van der Waals surface area contributed by atoms with E-state index < -0.39 is 11.7 Å². The number of carbonyl (C=O) groups is 1. The molecule has 0 aliphatic carbocycles. The number of carbonyl (C=O) groups excluding carboxylic acids is 1. The molecule has 0 fully saturated rings. The normalized spacial score (nSPS) is 11.8. The highest BCUT2D eigenvalue weighted by Gasteiger charge is 2.31. The maximum absolute atomic E-state index is 12.7. The first-order chi connectivity index (χ1) is 13.1. The molecule has 0 radical (unpaired) electrons. The van der Waals surface area contributed by atoms with Gasteiger partial charge in [-0.05, 0) is 51.0 Å². The van der Waals surface area contributed by atoms with Crippen LogP contribution in [0.25, 0.3) is 5.65 Å². The molecule has 2 heterocycles. The molecule has 28 heavy (non-hydrogen) atoms. The Bertz CT molecular complexity index is 1060. The van der Waals surface area contributed by atoms with Crippen molar-refractivity contribution < 1.29 is 18.0 Å². The molecule has 0 spiro atoms. The molecule has 2 aromatic heterocycles. The first kappa shape index (κ1) is 20.1. The van der Waals surface area contributed by atoms with Gasteiger partial charge in [0.1, 0.15) is 0 Å². The van der Waals surface area contributed by atoms with Crippen molar-refractivity contribution in [2.24, 2.45) is 0 Å². The largest absolute Gasteiger partial charge is 0.416 e. The van der Waals surface area contributed by atoms with Crippen LogP contribution < -0.4 is 5.32 Å². The number of anilines is 1. The second kappa shape index (κ2) is 7.43. The number of fused-ring (bicyclic) bond motifs is 1. The summed E-state index contributed by atoms with van der Waals surface area (Å²) in [6, 6.07) is 4.71. The topological polar surface area (TPSA) is 59.3 Å². The number of nitrogens with one attached hydrogen (secondary N) is 1. The van der Waals surface area contributed by atoms with Crippen LogP contribution in [0.3, 0.4) is 0 Å². The van der Waals surface area contributed by atoms with Gasteiger partial charge in [-0.1, -0.05) is 11.6 Å². The third-order valence-corrected chi connectivity index (χ3v) is 4.77. The van der Waals surface area contributed by atoms with Crippen LogP contribution in [0.2, 0.25) is 5.02 Å². The molecule has 0 aliphatic rings. The second-order valence-corrected chi connectivity index (χ2v) is 6.96. The lowest BCUT2D eigenvalue weighted by atomic mass is 10.1. The Kier molecular flexibility index (Phi) is 5.34. The fourth-order valence-electron chi connectivity index (χ4n) is 3.05. The van der Waals surface area contributed by atoms with E-state index in [4.69, 9.17) is 11.6 Å². The number of hydrogen-bond acceptors (Lipinski definition) is 3. The number of aryl methyl sites for hydroxylation is 3. The summed E-state index contributed by atoms with van der Waals surface area (Å²) in [5.41, 5.74) is 3.49. The zero-order chi connectivity index (χ0) is 20.6. The van der Waals surface area contributed by atoms with E-state index in [1.54, 1.807) is 4.52 Å². The van der Waals surface area contributed by atoms with Crippen LogP contribution in [0, 0.1) is 20.8 Å². The summed E-state index contributed by atoms with van der Waals surface area (Å²) >= 11 is 5.88. The van der Waals surface area contributed by atoms with Crippen molar-refractivity contribution >= 4 is 28.8 Å². The van der Waals surface area contributed by atoms with Crippen molar-refractivity contribution in [2.45, 2.75) is 39.8 Å². The fraction of sp³-hybridized carbons (Fsp3) is 0.316. The minimum atomic E-state index is -4.49. The van der Waals surface area contributed by atoms with Crippen molar-refractivity contribution in [3.8, 4) is 0 Å². The number of amides is 1. The van der Waals surface area contributed by atoms with Gasteiger partial charge < -0.3 is 5.32 Å². The minimum absolute atomic E-state index is 0.131. The highest BCUT2D eigenvalue weighted by Crippen LogP contribution is 2.33. The smallest absolute Gasteiger partial charge is 0.325 e. The summed E-state index contributed by atoms with van der Waals surface area (Å²) in [5, 5.41) is 6.79. The average Bonchev–Trinajstić information content (AvgIpc) is 2.96. The number of benzene rings is 1. The van der Waals surface area contributed by atoms with Crippen molar-refractivity contribution in [3.05, 3.63) is 57.5 Å². The van der Waals surface area contributed by atoms with Crippen LogP contribution in [-0.4, -0.2) is 20.5 Å². The van der Waals surface area contributed by atoms with Crippen molar-refractivity contribution in [1.29, 1.82) is 0 Å². The summed E-state index contributed by atoms with van der Waals surface area (Å²) < 4.78 is 39.8. The van der Waals surface area contributed by atoms with Gasteiger partial charge in [0.25, 0.3) is 0 Å². The number of rotatable bonds is 4. The SMILES string of the molecule is Cc1cc2nc(C)c(CCC(=O)Nc3ccc(C(F)(F)F)cc3Cl)c(C)n2n1. The van der Waals surface area contributed by atoms with E-state index >= 15 is 0 Å². The summed E-state index contributed by atoms with van der Waals surface area (Å²) in [5.74, 6) is -0.350. The number of hydrogen-bond donors (Lipinski definition) is 1. The summed E-state index contributed by atoms with van der Waals surface area (Å²) in [6.45, 7) is 5.66. The fourth-order valence-corrected chi connectivity index (χ4v) is 3.27. The first-order valence-electron chi connectivity index (χ1n) is 8.55. The van der Waals surface area contributed by atoms with Gasteiger partial charge in [-0.25, -0.2) is 9.50 Å². The zero-order valence-corrected chi connectivity index (χ0v) is 16.2. The molecule has 5 nitrogen and oxygen atoms in total. The van der Waals surface area contributed by atoms with Crippen LogP contribution in [0.4, 0.5) is 18.9 Å². The van der Waals surface area contributed by atoms with Crippen LogP contribution >= 0.6 is 11.6 Å². The Balaban J connectivity index is 1.72. The maximum Gasteiger partial charge on any atom is 0.416 e. The van der Waals surface area contributed by atoms with Gasteiger partial charge in [0.05, 0.1) is 22.0 Å². The standard InChI is InChI=1S/C19H18ClF3N4O/c1-10-8-17-24-11(2)14(12(3)27(17)26-10)5-7-18(28)25-16-6-4-13(9-15(16)20)19(21,22)23/h4,6,8-9H,5,7H2,1-3H3,(H,25,28). The van der Waals surface area contributed by atoms with E-state index in [2.05, 4.69) is 15.4 Å². The van der Waals surface area contributed by atoms with Crippen molar-refractivity contribution in [3.63, 3.8) is 0 Å². The maximum atomic E-state index is 12.7. The van der Waals surface area contributed by atoms with E-state index in [1.165, 1.54) is 0 Å². The summed E-state index contributed by atoms with van der Waals surface area (Å²) in [4.78, 5) is 16.8. The Hall–Kier alpha value is -2.61. The molecule has 0 saturated carbocycles. The van der Waals surface area contributed by atoms with Crippen LogP contribution in [0.15, 0.2) is 24.3 Å². The van der Waals surface area contributed by atoms with Gasteiger partial charge in [0, 0.05) is 23.9 Å². The third kappa shape index (κ3) is 4.11. The van der Waals surface area contributed by atoms with E-state index in [1.807, 2.05) is 26.8 Å². The average molecular weight is 411 g/mol. The molecule has 148 valence electrons. The Morgan fingerprint density at radius 1 is 1.21 bits per heavy atom. The second-order valence-electron chi connectivity index (χ2n) is 6.56. The molecule has 0 aliphatic heterocycles. The molecule has 0 bridgehead atoms. The molecule has 1 N–H and O–H groups in total. The predicted molar refractivity (Wildman–Crippen MR) is 101 cm³/mol. The molecule has 1 aromatic carbocycles. The molecular weight excluding hydrogens is 393 g/mol. The number of aromatic nitrogens is 3. The Labute approximate surface area is 164 Å². The summed E-state index contributed by atoms with van der Waals surface area (Å²) in [7, 11) is 0. The minimum Gasteiger partial charge on any atom is -0.325 e. The van der Waals surface area contributed by atoms with E-state index in [0.717, 1.165) is 46.5 Å². The molecule has 0 atom stereocenters. The van der Waals surface area contributed by atoms with Crippen LogP contribution in [-0.2, 0) is 17.4 Å². The predicted octanol–water partition coefficient (Wildman–Crippen LogP) is 4.90. The molecular formula is C19H18ClF3N4O. The highest BCUT2D eigenvalue weighted by molar-refractivity contribution is 6.33. The van der Waals surface area contributed by atoms with Crippen LogP contribution in [0.5, 0.6) is 0 Å². The lowest BCUT2D eigenvalue weighted by molar-refractivity contribution is -0.137. The van der Waals surface area contributed by atoms with Crippen LogP contribution in [0.1, 0.15) is 34.6 Å². The number of halogens is 4. The molecule has 3 aromatic rings.